The minimum absolute atomic E-state index is 0.0439. The van der Waals surface area contributed by atoms with E-state index in [1.165, 1.54) is 12.1 Å². The molecule has 68 valence electrons. The van der Waals surface area contributed by atoms with Gasteiger partial charge in [-0.2, -0.15) is 0 Å². The van der Waals surface area contributed by atoms with Gasteiger partial charge in [-0.15, -0.1) is 0 Å². The quantitative estimate of drug-likeness (QED) is 0.577. The van der Waals surface area contributed by atoms with E-state index in [2.05, 4.69) is 30.0 Å². The SMILES string of the molecule is CC(C)C1=[N+]2N=CN=C(N)C2C=C1. The van der Waals surface area contributed by atoms with Crippen molar-refractivity contribution in [1.82, 2.24) is 0 Å². The van der Waals surface area contributed by atoms with Crippen LogP contribution in [0.4, 0.5) is 0 Å². The van der Waals surface area contributed by atoms with Gasteiger partial charge in [0.15, 0.2) is 12.2 Å². The summed E-state index contributed by atoms with van der Waals surface area (Å²) in [5.74, 6) is 1.08. The van der Waals surface area contributed by atoms with Crippen LogP contribution in [-0.2, 0) is 0 Å². The van der Waals surface area contributed by atoms with Gasteiger partial charge >= 0.3 is 0 Å². The van der Waals surface area contributed by atoms with Crippen molar-refractivity contribution in [3.8, 4) is 0 Å². The van der Waals surface area contributed by atoms with E-state index in [9.17, 15) is 0 Å². The summed E-state index contributed by atoms with van der Waals surface area (Å²) < 4.78 is 1.92. The Morgan fingerprint density at radius 1 is 1.54 bits per heavy atom. The van der Waals surface area contributed by atoms with Gasteiger partial charge in [-0.1, -0.05) is 18.5 Å². The second kappa shape index (κ2) is 2.80. The van der Waals surface area contributed by atoms with Gasteiger partial charge < -0.3 is 5.73 Å². The lowest BCUT2D eigenvalue weighted by Crippen LogP contribution is -2.38. The Hall–Kier alpha value is -1.45. The summed E-state index contributed by atoms with van der Waals surface area (Å²) in [6.45, 7) is 4.28. The van der Waals surface area contributed by atoms with Crippen molar-refractivity contribution in [1.29, 1.82) is 0 Å². The third-order valence-corrected chi connectivity index (χ3v) is 2.25. The molecule has 4 nitrogen and oxygen atoms in total. The fraction of sp³-hybridized carbons (Fsp3) is 0.444. The lowest BCUT2D eigenvalue weighted by atomic mass is 10.1. The molecule has 0 saturated heterocycles. The number of fused-ring (bicyclic) bond motifs is 1. The molecule has 0 amide bonds. The van der Waals surface area contributed by atoms with Crippen molar-refractivity contribution in [2.45, 2.75) is 19.9 Å². The molecule has 0 fully saturated rings. The van der Waals surface area contributed by atoms with Crippen LogP contribution in [0.1, 0.15) is 13.8 Å². The van der Waals surface area contributed by atoms with Gasteiger partial charge in [0.05, 0.1) is 0 Å². The first-order valence-corrected chi connectivity index (χ1v) is 4.40. The molecule has 2 aliphatic heterocycles. The van der Waals surface area contributed by atoms with E-state index in [1.54, 1.807) is 0 Å². The van der Waals surface area contributed by atoms with Gasteiger partial charge in [-0.25, -0.2) is 4.99 Å². The van der Waals surface area contributed by atoms with Gasteiger partial charge in [0.25, 0.3) is 6.04 Å². The van der Waals surface area contributed by atoms with Crippen LogP contribution in [0.3, 0.4) is 0 Å². The highest BCUT2D eigenvalue weighted by Gasteiger charge is 2.34. The van der Waals surface area contributed by atoms with E-state index in [-0.39, 0.29) is 6.04 Å². The van der Waals surface area contributed by atoms with Crippen LogP contribution in [0.2, 0.25) is 0 Å². The van der Waals surface area contributed by atoms with Crippen LogP contribution < -0.4 is 5.73 Å². The maximum Gasteiger partial charge on any atom is 0.259 e. The molecule has 0 spiro atoms. The highest BCUT2D eigenvalue weighted by atomic mass is 15.4. The first kappa shape index (κ1) is 8.16. The third-order valence-electron chi connectivity index (χ3n) is 2.25. The number of allylic oxidation sites excluding steroid dienone is 1. The molecule has 4 heteroatoms. The Morgan fingerprint density at radius 2 is 2.31 bits per heavy atom. The summed E-state index contributed by atoms with van der Waals surface area (Å²) in [6, 6.07) is 0.0439. The summed E-state index contributed by atoms with van der Waals surface area (Å²) >= 11 is 0. The van der Waals surface area contributed by atoms with E-state index in [4.69, 9.17) is 5.73 Å². The van der Waals surface area contributed by atoms with Crippen LogP contribution in [-0.4, -0.2) is 28.6 Å². The average Bonchev–Trinajstić information content (AvgIpc) is 2.48. The van der Waals surface area contributed by atoms with Crippen LogP contribution in [0.15, 0.2) is 22.2 Å². The number of rotatable bonds is 1. The normalized spacial score (nSPS) is 25.5. The molecule has 0 aromatic heterocycles. The van der Waals surface area contributed by atoms with Gasteiger partial charge in [0, 0.05) is 23.2 Å². The van der Waals surface area contributed by atoms with Gasteiger partial charge in [0.2, 0.25) is 5.71 Å². The lowest BCUT2D eigenvalue weighted by Gasteiger charge is -2.07. The Morgan fingerprint density at radius 3 is 3.00 bits per heavy atom. The molecule has 2 rings (SSSR count). The summed E-state index contributed by atoms with van der Waals surface area (Å²) in [4.78, 5) is 3.96. The molecule has 0 aromatic carbocycles. The molecular weight excluding hydrogens is 164 g/mol. The molecule has 2 N–H and O–H groups in total. The van der Waals surface area contributed by atoms with Crippen LogP contribution in [0.5, 0.6) is 0 Å². The number of hydrogen-bond acceptors (Lipinski definition) is 3. The molecular formula is C9H13N4+. The maximum absolute atomic E-state index is 5.73. The third kappa shape index (κ3) is 1.18. The molecule has 1 unspecified atom stereocenters. The minimum Gasteiger partial charge on any atom is -0.381 e. The summed E-state index contributed by atoms with van der Waals surface area (Å²) in [6.07, 6.45) is 5.60. The van der Waals surface area contributed by atoms with Gasteiger partial charge in [-0.3, -0.25) is 0 Å². The summed E-state index contributed by atoms with van der Waals surface area (Å²) in [5, 5.41) is 4.19. The molecule has 13 heavy (non-hydrogen) atoms. The van der Waals surface area contributed by atoms with E-state index < -0.39 is 0 Å². The monoisotopic (exact) mass is 177 g/mol. The number of hydrazone groups is 1. The maximum atomic E-state index is 5.73. The standard InChI is InChI=1S/C9H13N4/c1-6(2)7-3-4-8-9(10)11-5-12-13(7)8/h3-6,8H,1-2H3,(H2,10,11,12)/q+1. The van der Waals surface area contributed by atoms with E-state index in [0.29, 0.717) is 11.8 Å². The first-order valence-electron chi connectivity index (χ1n) is 4.40. The van der Waals surface area contributed by atoms with Crippen molar-refractivity contribution in [2.24, 2.45) is 21.7 Å². The Labute approximate surface area is 77.2 Å². The number of aliphatic imine (C=N–C) groups is 1. The predicted octanol–water partition coefficient (Wildman–Crippen LogP) is 0.348. The highest BCUT2D eigenvalue weighted by Crippen LogP contribution is 2.13. The first-order chi connectivity index (χ1) is 6.20. The smallest absolute Gasteiger partial charge is 0.259 e. The molecule has 0 bridgehead atoms. The largest absolute Gasteiger partial charge is 0.381 e. The highest BCUT2D eigenvalue weighted by molar-refractivity contribution is 6.00. The zero-order valence-corrected chi connectivity index (χ0v) is 7.81. The fourth-order valence-electron chi connectivity index (χ4n) is 1.55. The number of hydrogen-bond donors (Lipinski definition) is 1. The predicted molar refractivity (Wildman–Crippen MR) is 53.1 cm³/mol. The van der Waals surface area contributed by atoms with Crippen LogP contribution in [0, 0.1) is 5.92 Å². The number of amidine groups is 1. The van der Waals surface area contributed by atoms with Crippen LogP contribution in [0.25, 0.3) is 0 Å². The Bertz CT molecular complexity index is 347. The van der Waals surface area contributed by atoms with E-state index in [0.717, 1.165) is 0 Å². The van der Waals surface area contributed by atoms with Crippen LogP contribution >= 0.6 is 0 Å². The molecule has 0 saturated carbocycles. The fourth-order valence-corrected chi connectivity index (χ4v) is 1.55. The Balaban J connectivity index is 2.43. The van der Waals surface area contributed by atoms with Crippen molar-refractivity contribution >= 4 is 17.9 Å². The molecule has 2 aliphatic rings. The molecule has 1 atom stereocenters. The molecule has 0 aliphatic carbocycles. The zero-order chi connectivity index (χ0) is 9.42. The van der Waals surface area contributed by atoms with E-state index in [1.807, 2.05) is 10.8 Å². The second-order valence-corrected chi connectivity index (χ2v) is 3.51. The number of nitrogens with two attached hydrogens (primary N) is 1. The molecule has 2 heterocycles. The topological polar surface area (TPSA) is 53.8 Å². The minimum atomic E-state index is 0.0439. The van der Waals surface area contributed by atoms with Crippen molar-refractivity contribution in [2.75, 3.05) is 0 Å². The van der Waals surface area contributed by atoms with Crippen molar-refractivity contribution < 1.29 is 4.68 Å². The van der Waals surface area contributed by atoms with Gasteiger partial charge in [0.1, 0.15) is 0 Å². The number of nitrogens with zero attached hydrogens (tertiary/aromatic N) is 3. The second-order valence-electron chi connectivity index (χ2n) is 3.51. The van der Waals surface area contributed by atoms with Gasteiger partial charge in [-0.05, 0) is 0 Å². The summed E-state index contributed by atoms with van der Waals surface area (Å²) in [7, 11) is 0. The summed E-state index contributed by atoms with van der Waals surface area (Å²) in [5.41, 5.74) is 6.93. The molecule has 0 aromatic rings. The molecule has 0 radical (unpaired) electrons. The van der Waals surface area contributed by atoms with Crippen molar-refractivity contribution in [3.05, 3.63) is 12.2 Å². The van der Waals surface area contributed by atoms with E-state index >= 15 is 0 Å². The average molecular weight is 177 g/mol. The lowest BCUT2D eigenvalue weighted by molar-refractivity contribution is -0.542. The Kier molecular flexibility index (Phi) is 1.76. The van der Waals surface area contributed by atoms with Crippen molar-refractivity contribution in [3.63, 3.8) is 0 Å². The zero-order valence-electron chi connectivity index (χ0n) is 7.81.